The Balaban J connectivity index is 0.00000361. The summed E-state index contributed by atoms with van der Waals surface area (Å²) in [6, 6.07) is 0. The van der Waals surface area contributed by atoms with Crippen LogP contribution in [0.1, 0.15) is 30.7 Å². The predicted molar refractivity (Wildman–Crippen MR) is 103 cm³/mol. The van der Waals surface area contributed by atoms with Crippen molar-refractivity contribution in [1.82, 2.24) is 15.6 Å². The van der Waals surface area contributed by atoms with Crippen molar-refractivity contribution < 1.29 is 0 Å². The number of hydrogen-bond acceptors (Lipinski definition) is 4. The lowest BCUT2D eigenvalue weighted by Gasteiger charge is -2.23. The van der Waals surface area contributed by atoms with Crippen LogP contribution in [0.3, 0.4) is 0 Å². The summed E-state index contributed by atoms with van der Waals surface area (Å²) in [5.41, 5.74) is 0. The van der Waals surface area contributed by atoms with Gasteiger partial charge in [0, 0.05) is 29.4 Å². The van der Waals surface area contributed by atoms with E-state index in [1.54, 1.807) is 18.4 Å². The number of aromatic nitrogens is 1. The Morgan fingerprint density at radius 1 is 1.45 bits per heavy atom. The van der Waals surface area contributed by atoms with Crippen molar-refractivity contribution in [3.63, 3.8) is 0 Å². The second kappa shape index (κ2) is 9.83. The molecule has 0 bridgehead atoms. The first-order chi connectivity index (χ1) is 9.00. The third-order valence-electron chi connectivity index (χ3n) is 2.81. The van der Waals surface area contributed by atoms with Crippen molar-refractivity contribution in [2.45, 2.75) is 38.5 Å². The van der Waals surface area contributed by atoms with Crippen LogP contribution in [0.15, 0.2) is 11.2 Å². The van der Waals surface area contributed by atoms with Gasteiger partial charge in [0.2, 0.25) is 0 Å². The molecule has 0 saturated carbocycles. The largest absolute Gasteiger partial charge is 0.355 e. The van der Waals surface area contributed by atoms with Gasteiger partial charge in [0.15, 0.2) is 5.96 Å². The zero-order chi connectivity index (χ0) is 14.3. The molecule has 116 valence electrons. The topological polar surface area (TPSA) is 49.3 Å². The molecular weight excluding hydrogens is 403 g/mol. The molecule has 0 aliphatic rings. The summed E-state index contributed by atoms with van der Waals surface area (Å²) in [7, 11) is 1.79. The van der Waals surface area contributed by atoms with Gasteiger partial charge in [0.05, 0.1) is 6.54 Å². The maximum Gasteiger partial charge on any atom is 0.191 e. The molecule has 0 aliphatic carbocycles. The van der Waals surface area contributed by atoms with E-state index >= 15 is 0 Å². The molecule has 0 aliphatic heterocycles. The lowest BCUT2D eigenvalue weighted by molar-refractivity contribution is 0.664. The molecule has 4 nitrogen and oxygen atoms in total. The number of thioether (sulfide) groups is 1. The average Bonchev–Trinajstić information content (AvgIpc) is 2.87. The quantitative estimate of drug-likeness (QED) is 0.415. The van der Waals surface area contributed by atoms with E-state index in [9.17, 15) is 0 Å². The summed E-state index contributed by atoms with van der Waals surface area (Å²) in [5.74, 6) is 0.829. The number of nitrogens with one attached hydrogen (secondary N) is 2. The Morgan fingerprint density at radius 2 is 2.15 bits per heavy atom. The van der Waals surface area contributed by atoms with E-state index in [0.29, 0.717) is 0 Å². The van der Waals surface area contributed by atoms with Crippen LogP contribution in [0.5, 0.6) is 0 Å². The third-order valence-corrected chi connectivity index (χ3v) is 5.21. The molecule has 1 heterocycles. The van der Waals surface area contributed by atoms with Crippen LogP contribution in [-0.4, -0.2) is 35.5 Å². The molecule has 0 radical (unpaired) electrons. The van der Waals surface area contributed by atoms with Crippen LogP contribution in [0.25, 0.3) is 0 Å². The molecule has 2 N–H and O–H groups in total. The summed E-state index contributed by atoms with van der Waals surface area (Å²) < 4.78 is 0.203. The number of hydrogen-bond donors (Lipinski definition) is 2. The molecule has 1 aromatic heterocycles. The van der Waals surface area contributed by atoms with E-state index in [1.807, 2.05) is 18.0 Å². The summed E-state index contributed by atoms with van der Waals surface area (Å²) >= 11 is 3.60. The minimum atomic E-state index is 0. The Morgan fingerprint density at radius 3 is 2.65 bits per heavy atom. The molecule has 0 aromatic carbocycles. The molecule has 1 rings (SSSR count). The average molecular weight is 428 g/mol. The first-order valence-electron chi connectivity index (χ1n) is 6.44. The smallest absolute Gasteiger partial charge is 0.191 e. The lowest BCUT2D eigenvalue weighted by Crippen LogP contribution is -2.42. The fraction of sp³-hybridized carbons (Fsp3) is 0.692. The molecule has 0 spiro atoms. The highest BCUT2D eigenvalue weighted by Crippen LogP contribution is 2.19. The molecule has 0 unspecified atom stereocenters. The molecule has 1 aromatic rings. The van der Waals surface area contributed by atoms with Crippen LogP contribution in [0.4, 0.5) is 0 Å². The highest BCUT2D eigenvalue weighted by molar-refractivity contribution is 14.0. The van der Waals surface area contributed by atoms with Crippen molar-refractivity contribution in [2.24, 2.45) is 4.99 Å². The van der Waals surface area contributed by atoms with Crippen LogP contribution in [-0.2, 0) is 13.0 Å². The minimum Gasteiger partial charge on any atom is -0.355 e. The summed E-state index contributed by atoms with van der Waals surface area (Å²) in [4.78, 5) is 9.94. The number of halogens is 1. The van der Waals surface area contributed by atoms with Crippen LogP contribution >= 0.6 is 47.1 Å². The number of thiazole rings is 1. The summed E-state index contributed by atoms with van der Waals surface area (Å²) in [5, 5.41) is 7.74. The molecular formula is C13H25IN4S2. The molecule has 20 heavy (non-hydrogen) atoms. The monoisotopic (exact) mass is 428 g/mol. The number of rotatable bonds is 6. The third kappa shape index (κ3) is 7.12. The lowest BCUT2D eigenvalue weighted by atomic mass is 10.2. The van der Waals surface area contributed by atoms with Gasteiger partial charge >= 0.3 is 0 Å². The van der Waals surface area contributed by atoms with Crippen LogP contribution < -0.4 is 10.6 Å². The van der Waals surface area contributed by atoms with Crippen LogP contribution in [0.2, 0.25) is 0 Å². The van der Waals surface area contributed by atoms with Crippen molar-refractivity contribution in [1.29, 1.82) is 0 Å². The predicted octanol–water partition coefficient (Wildman–Crippen LogP) is 3.13. The van der Waals surface area contributed by atoms with Crippen molar-refractivity contribution in [3.05, 3.63) is 16.1 Å². The molecule has 0 saturated heterocycles. The number of aliphatic imine (C=N–C) groups is 1. The van der Waals surface area contributed by atoms with Gasteiger partial charge in [-0.15, -0.1) is 35.3 Å². The van der Waals surface area contributed by atoms with E-state index in [0.717, 1.165) is 30.5 Å². The number of nitrogens with zero attached hydrogens (tertiary/aromatic N) is 2. The number of aryl methyl sites for hydroxylation is 1. The summed E-state index contributed by atoms with van der Waals surface area (Å²) in [6.45, 7) is 8.18. The van der Waals surface area contributed by atoms with Gasteiger partial charge in [0.1, 0.15) is 5.01 Å². The Bertz CT molecular complexity index is 418. The maximum absolute atomic E-state index is 4.39. The summed E-state index contributed by atoms with van der Waals surface area (Å²) in [6.07, 6.45) is 5.13. The van der Waals surface area contributed by atoms with Crippen molar-refractivity contribution >= 4 is 53.0 Å². The van der Waals surface area contributed by atoms with Gasteiger partial charge in [-0.3, -0.25) is 4.99 Å². The Hall–Kier alpha value is -0.0200. The molecule has 0 amide bonds. The van der Waals surface area contributed by atoms with E-state index < -0.39 is 0 Å². The van der Waals surface area contributed by atoms with Gasteiger partial charge in [0.25, 0.3) is 0 Å². The van der Waals surface area contributed by atoms with E-state index in [1.165, 1.54) is 4.88 Å². The van der Waals surface area contributed by atoms with Gasteiger partial charge in [-0.2, -0.15) is 11.8 Å². The van der Waals surface area contributed by atoms with Gasteiger partial charge in [-0.1, -0.05) is 6.92 Å². The highest BCUT2D eigenvalue weighted by atomic mass is 127. The van der Waals surface area contributed by atoms with Gasteiger partial charge < -0.3 is 10.6 Å². The fourth-order valence-electron chi connectivity index (χ4n) is 1.34. The number of guanidine groups is 1. The highest BCUT2D eigenvalue weighted by Gasteiger charge is 2.16. The van der Waals surface area contributed by atoms with Crippen molar-refractivity contribution in [2.75, 3.05) is 19.8 Å². The second-order valence-corrected chi connectivity index (χ2v) is 7.53. The first kappa shape index (κ1) is 20.0. The molecule has 7 heteroatoms. The minimum absolute atomic E-state index is 0. The van der Waals surface area contributed by atoms with E-state index in [4.69, 9.17) is 0 Å². The van der Waals surface area contributed by atoms with Crippen LogP contribution in [0, 0.1) is 0 Å². The standard InChI is InChI=1S/C13H24N4S2.HI/c1-6-10-7-15-11(19-10)8-16-12(14-4)17-9-13(2,3)18-5;/h7H,6,8-9H2,1-5H3,(H2,14,16,17);1H. The zero-order valence-corrected chi connectivity index (χ0v) is 16.8. The van der Waals surface area contributed by atoms with E-state index in [-0.39, 0.29) is 28.7 Å². The first-order valence-corrected chi connectivity index (χ1v) is 8.48. The molecule has 0 atom stereocenters. The fourth-order valence-corrected chi connectivity index (χ4v) is 2.36. The Labute approximate surface area is 147 Å². The normalized spacial score (nSPS) is 11.9. The van der Waals surface area contributed by atoms with E-state index in [2.05, 4.69) is 47.6 Å². The molecule has 0 fully saturated rings. The SMILES string of the molecule is CCc1cnc(CNC(=NC)NCC(C)(C)SC)s1.I. The van der Waals surface area contributed by atoms with Gasteiger partial charge in [-0.05, 0) is 26.5 Å². The second-order valence-electron chi connectivity index (χ2n) is 4.82. The Kier molecular flexibility index (Phi) is 9.82. The zero-order valence-electron chi connectivity index (χ0n) is 12.8. The van der Waals surface area contributed by atoms with Gasteiger partial charge in [-0.25, -0.2) is 4.98 Å². The maximum atomic E-state index is 4.39. The van der Waals surface area contributed by atoms with Crippen molar-refractivity contribution in [3.8, 4) is 0 Å².